The molecule has 43 heavy (non-hydrogen) atoms. The van der Waals surface area contributed by atoms with E-state index < -0.39 is 35.6 Å². The predicted molar refractivity (Wildman–Crippen MR) is 147 cm³/mol. The summed E-state index contributed by atoms with van der Waals surface area (Å²) < 4.78 is 87.4. The lowest BCUT2D eigenvalue weighted by atomic mass is 9.72. The number of rotatable bonds is 6. The molecule has 1 aromatic carbocycles. The van der Waals surface area contributed by atoms with Crippen LogP contribution in [0.2, 0.25) is 0 Å². The lowest BCUT2D eigenvalue weighted by Gasteiger charge is -2.37. The predicted octanol–water partition coefficient (Wildman–Crippen LogP) is 6.50. The Balaban J connectivity index is 1.42. The number of pyridine rings is 1. The zero-order valence-corrected chi connectivity index (χ0v) is 23.7. The number of aromatic nitrogens is 5. The van der Waals surface area contributed by atoms with Crippen molar-refractivity contribution in [3.8, 4) is 5.69 Å². The van der Waals surface area contributed by atoms with Crippen LogP contribution in [0.15, 0.2) is 53.8 Å². The molecule has 0 N–H and O–H groups in total. The minimum Gasteiger partial charge on any atom is -0.320 e. The van der Waals surface area contributed by atoms with Crippen molar-refractivity contribution in [2.45, 2.75) is 63.3 Å². The summed E-state index contributed by atoms with van der Waals surface area (Å²) in [4.78, 5) is 15.2. The first kappa shape index (κ1) is 29.5. The average Bonchev–Trinajstić information content (AvgIpc) is 3.51. The van der Waals surface area contributed by atoms with E-state index in [1.54, 1.807) is 36.4 Å². The minimum absolute atomic E-state index is 0.0147. The van der Waals surface area contributed by atoms with Crippen molar-refractivity contribution in [1.29, 1.82) is 0 Å². The molecule has 13 heteroatoms. The van der Waals surface area contributed by atoms with Crippen LogP contribution in [-0.2, 0) is 13.2 Å². The van der Waals surface area contributed by atoms with Gasteiger partial charge in [0.25, 0.3) is 0 Å². The maximum atomic E-state index is 14.4. The second-order valence-corrected chi connectivity index (χ2v) is 11.8. The quantitative estimate of drug-likeness (QED) is 0.235. The van der Waals surface area contributed by atoms with Gasteiger partial charge in [0.2, 0.25) is 0 Å². The molecule has 0 spiro atoms. The van der Waals surface area contributed by atoms with Crippen LogP contribution in [0, 0.1) is 11.8 Å². The van der Waals surface area contributed by atoms with Crippen LogP contribution in [0.1, 0.15) is 73.5 Å². The third-order valence-corrected chi connectivity index (χ3v) is 9.19. The molecule has 6 rings (SSSR count). The highest BCUT2D eigenvalue weighted by molar-refractivity contribution is 5.58. The summed E-state index contributed by atoms with van der Waals surface area (Å²) in [6, 6.07) is 7.37. The highest BCUT2D eigenvalue weighted by Gasteiger charge is 2.43. The molecular weight excluding hydrogens is 574 g/mol. The van der Waals surface area contributed by atoms with Gasteiger partial charge in [-0.25, -0.2) is 4.79 Å². The van der Waals surface area contributed by atoms with E-state index in [0.29, 0.717) is 18.2 Å². The smallest absolute Gasteiger partial charge is 0.320 e. The first-order valence-corrected chi connectivity index (χ1v) is 14.4. The van der Waals surface area contributed by atoms with Crippen LogP contribution in [0.4, 0.5) is 26.3 Å². The summed E-state index contributed by atoms with van der Waals surface area (Å²) in [5.41, 5.74) is -0.616. The van der Waals surface area contributed by atoms with E-state index in [1.807, 2.05) is 17.7 Å². The first-order chi connectivity index (χ1) is 20.3. The van der Waals surface area contributed by atoms with Crippen molar-refractivity contribution in [1.82, 2.24) is 28.6 Å². The number of halogens is 6. The van der Waals surface area contributed by atoms with Gasteiger partial charge in [0.15, 0.2) is 0 Å². The lowest BCUT2D eigenvalue weighted by molar-refractivity contribution is -0.188. The van der Waals surface area contributed by atoms with Crippen LogP contribution >= 0.6 is 0 Å². The second kappa shape index (κ2) is 10.8. The van der Waals surface area contributed by atoms with Crippen LogP contribution in [0.5, 0.6) is 0 Å². The molecule has 4 aromatic rings. The molecule has 2 aliphatic rings. The van der Waals surface area contributed by atoms with E-state index in [9.17, 15) is 31.1 Å². The first-order valence-electron chi connectivity index (χ1n) is 14.4. The second-order valence-electron chi connectivity index (χ2n) is 11.8. The molecule has 0 amide bonds. The van der Waals surface area contributed by atoms with Crippen molar-refractivity contribution < 1.29 is 26.3 Å². The summed E-state index contributed by atoms with van der Waals surface area (Å²) >= 11 is 0. The monoisotopic (exact) mass is 606 g/mol. The number of piperidine rings is 1. The normalized spacial score (nSPS) is 20.3. The van der Waals surface area contributed by atoms with Crippen molar-refractivity contribution in [2.75, 3.05) is 13.1 Å². The molecule has 230 valence electrons. The van der Waals surface area contributed by atoms with Gasteiger partial charge >= 0.3 is 18.0 Å². The molecule has 0 radical (unpaired) electrons. The van der Waals surface area contributed by atoms with Gasteiger partial charge in [-0.15, -0.1) is 10.2 Å². The fourth-order valence-electron chi connectivity index (χ4n) is 6.53. The molecule has 3 aromatic heterocycles. The number of hydrogen-bond donors (Lipinski definition) is 0. The molecule has 4 heterocycles. The van der Waals surface area contributed by atoms with E-state index >= 15 is 0 Å². The molecule has 1 unspecified atom stereocenters. The lowest BCUT2D eigenvalue weighted by Crippen LogP contribution is -2.42. The summed E-state index contributed by atoms with van der Waals surface area (Å²) in [5.74, 6) is -0.525. The summed E-state index contributed by atoms with van der Waals surface area (Å²) in [5, 5.41) is 8.35. The standard InChI is InChI=1S/C30H32F6N6O/c1-18(40-11-5-9-22(15-40)29(31,32)33)21-13-24(30(34,35)36)25-16-41(28(43)42(25)14-21)23-10-4-8-20(12-23)26(19-6-3-7-19)27-38-37-17-39(27)2/h4,8,10,12-14,16-19,22,26H,3,5-7,9,11,15H2,1-2H3/t18?,22-,26-/m1/s1. The van der Waals surface area contributed by atoms with Crippen molar-refractivity contribution in [3.63, 3.8) is 0 Å². The van der Waals surface area contributed by atoms with Crippen LogP contribution in [-0.4, -0.2) is 47.9 Å². The average molecular weight is 607 g/mol. The Morgan fingerprint density at radius 2 is 1.74 bits per heavy atom. The number of fused-ring (bicyclic) bond motifs is 1. The molecule has 1 saturated carbocycles. The third-order valence-electron chi connectivity index (χ3n) is 9.19. The third kappa shape index (κ3) is 5.47. The van der Waals surface area contributed by atoms with Gasteiger partial charge in [-0.2, -0.15) is 26.3 Å². The largest absolute Gasteiger partial charge is 0.418 e. The molecule has 0 bridgehead atoms. The maximum Gasteiger partial charge on any atom is 0.418 e. The Morgan fingerprint density at radius 1 is 0.977 bits per heavy atom. The number of alkyl halides is 6. The number of nitrogens with zero attached hydrogens (tertiary/aromatic N) is 6. The number of benzene rings is 1. The summed E-state index contributed by atoms with van der Waals surface area (Å²) in [6.07, 6.45) is -1.66. The molecule has 3 atom stereocenters. The summed E-state index contributed by atoms with van der Waals surface area (Å²) in [6.45, 7) is 1.60. The zero-order chi connectivity index (χ0) is 30.7. The van der Waals surface area contributed by atoms with Crippen molar-refractivity contribution in [3.05, 3.63) is 82.1 Å². The van der Waals surface area contributed by atoms with E-state index in [-0.39, 0.29) is 36.4 Å². The van der Waals surface area contributed by atoms with Gasteiger partial charge in [0, 0.05) is 37.9 Å². The van der Waals surface area contributed by atoms with Crippen LogP contribution in [0.3, 0.4) is 0 Å². The van der Waals surface area contributed by atoms with Gasteiger partial charge in [-0.3, -0.25) is 13.9 Å². The van der Waals surface area contributed by atoms with E-state index in [1.165, 1.54) is 17.0 Å². The van der Waals surface area contributed by atoms with Crippen LogP contribution in [0.25, 0.3) is 11.2 Å². The fraction of sp³-hybridized carbons (Fsp3) is 0.500. The highest BCUT2D eigenvalue weighted by atomic mass is 19.4. The number of imidazole rings is 1. The number of likely N-dealkylation sites (tertiary alicyclic amines) is 1. The minimum atomic E-state index is -4.79. The Hall–Kier alpha value is -3.61. The van der Waals surface area contributed by atoms with Crippen molar-refractivity contribution in [2.24, 2.45) is 18.9 Å². The molecule has 2 fully saturated rings. The zero-order valence-electron chi connectivity index (χ0n) is 23.7. The topological polar surface area (TPSA) is 60.4 Å². The highest BCUT2D eigenvalue weighted by Crippen LogP contribution is 2.43. The molecule has 1 aliphatic heterocycles. The summed E-state index contributed by atoms with van der Waals surface area (Å²) in [7, 11) is 1.86. The van der Waals surface area contributed by atoms with Gasteiger partial charge < -0.3 is 4.57 Å². The Bertz CT molecular complexity index is 1680. The molecule has 1 aliphatic carbocycles. The number of aryl methyl sites for hydroxylation is 1. The maximum absolute atomic E-state index is 14.4. The Labute approximate surface area is 243 Å². The number of hydrogen-bond acceptors (Lipinski definition) is 4. The molecule has 7 nitrogen and oxygen atoms in total. The SMILES string of the molecule is CC(c1cc(C(F)(F)F)c2cn(-c3cccc([C@H](c4nncn4C)C4CCC4)c3)c(=O)n2c1)N1CCC[C@@H](C(F)(F)F)C1. The molecular formula is C30H32F6N6O. The van der Waals surface area contributed by atoms with Gasteiger partial charge in [0.05, 0.1) is 22.7 Å². The fourth-order valence-corrected chi connectivity index (χ4v) is 6.53. The van der Waals surface area contributed by atoms with E-state index in [4.69, 9.17) is 0 Å². The van der Waals surface area contributed by atoms with Crippen LogP contribution < -0.4 is 5.69 Å². The Morgan fingerprint density at radius 3 is 2.37 bits per heavy atom. The van der Waals surface area contributed by atoms with Crippen molar-refractivity contribution >= 4 is 5.52 Å². The van der Waals surface area contributed by atoms with E-state index in [0.717, 1.165) is 41.1 Å². The Kier molecular flexibility index (Phi) is 7.42. The van der Waals surface area contributed by atoms with Gasteiger partial charge in [-0.05, 0) is 74.4 Å². The molecule has 1 saturated heterocycles. The van der Waals surface area contributed by atoms with Gasteiger partial charge in [0.1, 0.15) is 12.2 Å². The van der Waals surface area contributed by atoms with Gasteiger partial charge in [-0.1, -0.05) is 18.6 Å². The van der Waals surface area contributed by atoms with E-state index in [2.05, 4.69) is 10.2 Å².